The largest absolute Gasteiger partial charge is 0.354 e. The minimum Gasteiger partial charge on any atom is -0.354 e. The van der Waals surface area contributed by atoms with Crippen LogP contribution in [0.15, 0.2) is 12.4 Å². The average Bonchev–Trinajstić information content (AvgIpc) is 3.08. The van der Waals surface area contributed by atoms with E-state index in [1.165, 1.54) is 0 Å². The van der Waals surface area contributed by atoms with Crippen LogP contribution in [0.1, 0.15) is 32.0 Å². The molecule has 1 saturated heterocycles. The van der Waals surface area contributed by atoms with Crippen molar-refractivity contribution < 1.29 is 9.59 Å². The van der Waals surface area contributed by atoms with Gasteiger partial charge >= 0.3 is 0 Å². The molecule has 6 heteroatoms. The molecular weight excluding hydrogens is 244 g/mol. The third kappa shape index (κ3) is 3.33. The third-order valence-corrected chi connectivity index (χ3v) is 3.39. The molecule has 0 radical (unpaired) electrons. The van der Waals surface area contributed by atoms with E-state index in [2.05, 4.69) is 15.3 Å². The molecular formula is C13H20N4O2. The van der Waals surface area contributed by atoms with Crippen LogP contribution in [0.2, 0.25) is 0 Å². The molecule has 2 heterocycles. The van der Waals surface area contributed by atoms with Gasteiger partial charge in [-0.25, -0.2) is 4.98 Å². The molecule has 1 aromatic heterocycles. The maximum absolute atomic E-state index is 12.1. The second-order valence-electron chi connectivity index (χ2n) is 4.68. The van der Waals surface area contributed by atoms with Crippen molar-refractivity contribution >= 4 is 11.8 Å². The summed E-state index contributed by atoms with van der Waals surface area (Å²) < 4.78 is 0. The van der Waals surface area contributed by atoms with Gasteiger partial charge in [-0.3, -0.25) is 9.59 Å². The summed E-state index contributed by atoms with van der Waals surface area (Å²) in [5, 5.41) is 2.88. The molecule has 2 rings (SSSR count). The fraction of sp³-hybridized carbons (Fsp3) is 0.615. The van der Waals surface area contributed by atoms with Crippen LogP contribution in [-0.2, 0) is 16.0 Å². The minimum atomic E-state index is -0.288. The second kappa shape index (κ2) is 6.36. The monoisotopic (exact) mass is 264 g/mol. The van der Waals surface area contributed by atoms with Crippen LogP contribution in [0.5, 0.6) is 0 Å². The van der Waals surface area contributed by atoms with Crippen LogP contribution < -0.4 is 5.32 Å². The highest BCUT2D eigenvalue weighted by atomic mass is 16.2. The van der Waals surface area contributed by atoms with Gasteiger partial charge in [0, 0.05) is 38.3 Å². The summed E-state index contributed by atoms with van der Waals surface area (Å²) in [6.45, 7) is 3.06. The first-order chi connectivity index (χ1) is 9.22. The Hall–Kier alpha value is -1.85. The maximum atomic E-state index is 12.1. The summed E-state index contributed by atoms with van der Waals surface area (Å²) in [7, 11) is 0. The molecule has 0 unspecified atom stereocenters. The highest BCUT2D eigenvalue weighted by Gasteiger charge is 2.32. The molecule has 0 saturated carbocycles. The number of imidazole rings is 1. The topological polar surface area (TPSA) is 78.1 Å². The molecule has 1 aliphatic rings. The number of nitrogens with zero attached hydrogens (tertiary/aromatic N) is 2. The average molecular weight is 264 g/mol. The van der Waals surface area contributed by atoms with Gasteiger partial charge in [-0.1, -0.05) is 6.92 Å². The lowest BCUT2D eigenvalue weighted by Crippen LogP contribution is -2.46. The normalized spacial score (nSPS) is 18.6. The van der Waals surface area contributed by atoms with Crippen molar-refractivity contribution in [2.45, 2.75) is 38.6 Å². The number of nitrogens with one attached hydrogen (secondary N) is 2. The van der Waals surface area contributed by atoms with Crippen molar-refractivity contribution in [3.8, 4) is 0 Å². The number of aromatic amines is 1. The number of likely N-dealkylation sites (tertiary alicyclic amines) is 1. The van der Waals surface area contributed by atoms with Crippen molar-refractivity contribution in [3.05, 3.63) is 18.2 Å². The fourth-order valence-corrected chi connectivity index (χ4v) is 2.40. The van der Waals surface area contributed by atoms with Crippen molar-refractivity contribution in [1.29, 1.82) is 0 Å². The van der Waals surface area contributed by atoms with E-state index < -0.39 is 0 Å². The smallest absolute Gasteiger partial charge is 0.242 e. The van der Waals surface area contributed by atoms with E-state index in [9.17, 15) is 9.59 Å². The Bertz CT molecular complexity index is 430. The van der Waals surface area contributed by atoms with Crippen LogP contribution in [0.3, 0.4) is 0 Å². The van der Waals surface area contributed by atoms with Crippen LogP contribution in [0, 0.1) is 0 Å². The predicted molar refractivity (Wildman–Crippen MR) is 70.3 cm³/mol. The van der Waals surface area contributed by atoms with Crippen LogP contribution in [-0.4, -0.2) is 45.8 Å². The van der Waals surface area contributed by atoms with E-state index in [4.69, 9.17) is 0 Å². The zero-order valence-electron chi connectivity index (χ0n) is 11.2. The minimum absolute atomic E-state index is 0.0501. The van der Waals surface area contributed by atoms with Crippen LogP contribution >= 0.6 is 0 Å². The standard InChI is InChI=1S/C13H20N4O2/c1-2-12(18)17-9-3-4-10(17)13(19)16-6-5-11-14-7-8-15-11/h7-8,10H,2-6,9H2,1H3,(H,14,15)(H,16,19)/t10-/m0/s1. The first-order valence-electron chi connectivity index (χ1n) is 6.77. The predicted octanol–water partition coefficient (Wildman–Crippen LogP) is 0.469. The maximum Gasteiger partial charge on any atom is 0.242 e. The number of aromatic nitrogens is 2. The SMILES string of the molecule is CCC(=O)N1CCC[C@H]1C(=O)NCCc1ncc[nH]1. The van der Waals surface area contributed by atoms with E-state index in [-0.39, 0.29) is 17.9 Å². The Kier molecular flexibility index (Phi) is 4.54. The Labute approximate surface area is 112 Å². The van der Waals surface area contributed by atoms with Gasteiger partial charge in [0.2, 0.25) is 11.8 Å². The summed E-state index contributed by atoms with van der Waals surface area (Å²) in [5.74, 6) is 0.864. The highest BCUT2D eigenvalue weighted by molar-refractivity contribution is 5.88. The van der Waals surface area contributed by atoms with Gasteiger partial charge in [-0.15, -0.1) is 0 Å². The van der Waals surface area contributed by atoms with Gasteiger partial charge in [0.1, 0.15) is 11.9 Å². The molecule has 1 aliphatic heterocycles. The Morgan fingerprint density at radius 2 is 2.42 bits per heavy atom. The molecule has 0 bridgehead atoms. The zero-order valence-corrected chi connectivity index (χ0v) is 11.2. The van der Waals surface area contributed by atoms with Crippen LogP contribution in [0.4, 0.5) is 0 Å². The number of rotatable bonds is 5. The molecule has 0 aliphatic carbocycles. The number of carbonyl (C=O) groups is 2. The number of hydrogen-bond donors (Lipinski definition) is 2. The number of carbonyl (C=O) groups excluding carboxylic acids is 2. The van der Waals surface area contributed by atoms with E-state index in [0.29, 0.717) is 25.9 Å². The highest BCUT2D eigenvalue weighted by Crippen LogP contribution is 2.18. The van der Waals surface area contributed by atoms with Crippen LogP contribution in [0.25, 0.3) is 0 Å². The molecule has 104 valence electrons. The Balaban J connectivity index is 1.80. The van der Waals surface area contributed by atoms with Gasteiger partial charge in [-0.2, -0.15) is 0 Å². The lowest BCUT2D eigenvalue weighted by atomic mass is 10.2. The first kappa shape index (κ1) is 13.6. The van der Waals surface area contributed by atoms with E-state index in [1.807, 2.05) is 6.92 Å². The van der Waals surface area contributed by atoms with E-state index in [0.717, 1.165) is 18.7 Å². The third-order valence-electron chi connectivity index (χ3n) is 3.39. The molecule has 6 nitrogen and oxygen atoms in total. The lowest BCUT2D eigenvalue weighted by molar-refractivity contribution is -0.138. The molecule has 2 amide bonds. The summed E-state index contributed by atoms with van der Waals surface area (Å²) in [6, 6.07) is -0.288. The number of H-pyrrole nitrogens is 1. The number of amides is 2. The molecule has 19 heavy (non-hydrogen) atoms. The van der Waals surface area contributed by atoms with E-state index >= 15 is 0 Å². The van der Waals surface area contributed by atoms with Gasteiger partial charge in [0.15, 0.2) is 0 Å². The summed E-state index contributed by atoms with van der Waals surface area (Å²) in [6.07, 6.45) is 6.25. The molecule has 0 spiro atoms. The summed E-state index contributed by atoms with van der Waals surface area (Å²) in [4.78, 5) is 32.6. The van der Waals surface area contributed by atoms with Gasteiger partial charge < -0.3 is 15.2 Å². The first-order valence-corrected chi connectivity index (χ1v) is 6.77. The van der Waals surface area contributed by atoms with Gasteiger partial charge in [0.05, 0.1) is 0 Å². The summed E-state index contributed by atoms with van der Waals surface area (Å²) >= 11 is 0. The number of hydrogen-bond acceptors (Lipinski definition) is 3. The summed E-state index contributed by atoms with van der Waals surface area (Å²) in [5.41, 5.74) is 0. The second-order valence-corrected chi connectivity index (χ2v) is 4.68. The fourth-order valence-electron chi connectivity index (χ4n) is 2.40. The Morgan fingerprint density at radius 3 is 3.11 bits per heavy atom. The van der Waals surface area contributed by atoms with Crippen molar-refractivity contribution in [3.63, 3.8) is 0 Å². The lowest BCUT2D eigenvalue weighted by Gasteiger charge is -2.23. The molecule has 1 aromatic rings. The van der Waals surface area contributed by atoms with Gasteiger partial charge in [-0.05, 0) is 12.8 Å². The molecule has 1 atom stereocenters. The van der Waals surface area contributed by atoms with Gasteiger partial charge in [0.25, 0.3) is 0 Å². The zero-order chi connectivity index (χ0) is 13.7. The van der Waals surface area contributed by atoms with Crippen molar-refractivity contribution in [2.75, 3.05) is 13.1 Å². The van der Waals surface area contributed by atoms with Crippen molar-refractivity contribution in [1.82, 2.24) is 20.2 Å². The van der Waals surface area contributed by atoms with Crippen molar-refractivity contribution in [2.24, 2.45) is 0 Å². The quantitative estimate of drug-likeness (QED) is 0.811. The molecule has 0 aromatic carbocycles. The molecule has 1 fully saturated rings. The van der Waals surface area contributed by atoms with E-state index in [1.54, 1.807) is 17.3 Å². The Morgan fingerprint density at radius 1 is 1.58 bits per heavy atom. The molecule has 2 N–H and O–H groups in total.